The molecule has 2 N–H and O–H groups in total. The third kappa shape index (κ3) is 3.96. The summed E-state index contributed by atoms with van der Waals surface area (Å²) >= 11 is 0. The molecule has 104 valence electrons. The maximum Gasteiger partial charge on any atom is 0.220 e. The summed E-state index contributed by atoms with van der Waals surface area (Å²) in [6.07, 6.45) is 2.87. The van der Waals surface area contributed by atoms with Crippen LogP contribution in [0.2, 0.25) is 0 Å². The average Bonchev–Trinajstić information content (AvgIpc) is 2.35. The van der Waals surface area contributed by atoms with E-state index in [1.165, 1.54) is 0 Å². The molecule has 0 spiro atoms. The van der Waals surface area contributed by atoms with E-state index in [-0.39, 0.29) is 11.7 Å². The molecule has 0 bridgehead atoms. The number of carbonyl (C=O) groups excluding carboxylic acids is 1. The Morgan fingerprint density at radius 2 is 2.16 bits per heavy atom. The SMILES string of the molecule is CCOC1CC(CC(=O)NCc2ccccc2O)C1. The highest BCUT2D eigenvalue weighted by Crippen LogP contribution is 2.32. The zero-order valence-corrected chi connectivity index (χ0v) is 11.3. The van der Waals surface area contributed by atoms with Gasteiger partial charge < -0.3 is 15.2 Å². The summed E-state index contributed by atoms with van der Waals surface area (Å²) in [7, 11) is 0. The van der Waals surface area contributed by atoms with Crippen molar-refractivity contribution in [3.8, 4) is 5.75 Å². The quantitative estimate of drug-likeness (QED) is 0.827. The van der Waals surface area contributed by atoms with Crippen LogP contribution in [0.25, 0.3) is 0 Å². The van der Waals surface area contributed by atoms with Gasteiger partial charge in [-0.25, -0.2) is 0 Å². The highest BCUT2D eigenvalue weighted by Gasteiger charge is 2.30. The molecule has 19 heavy (non-hydrogen) atoms. The van der Waals surface area contributed by atoms with Crippen molar-refractivity contribution in [1.82, 2.24) is 5.32 Å². The van der Waals surface area contributed by atoms with Gasteiger partial charge in [0, 0.05) is 25.1 Å². The topological polar surface area (TPSA) is 58.6 Å². The van der Waals surface area contributed by atoms with Gasteiger partial charge in [0.1, 0.15) is 5.75 Å². The van der Waals surface area contributed by atoms with E-state index in [0.717, 1.165) is 25.0 Å². The number of phenolic OH excluding ortho intramolecular Hbond substituents is 1. The fraction of sp³-hybridized carbons (Fsp3) is 0.533. The molecule has 4 heteroatoms. The number of nitrogens with one attached hydrogen (secondary N) is 1. The molecule has 1 aromatic rings. The Bertz CT molecular complexity index is 427. The summed E-state index contributed by atoms with van der Waals surface area (Å²) < 4.78 is 5.47. The number of aromatic hydroxyl groups is 1. The van der Waals surface area contributed by atoms with Crippen LogP contribution in [0.3, 0.4) is 0 Å². The standard InChI is InChI=1S/C15H21NO3/c1-2-19-13-7-11(8-13)9-15(18)16-10-12-5-3-4-6-14(12)17/h3-6,11,13,17H,2,7-10H2,1H3,(H,16,18). The number of carbonyl (C=O) groups is 1. The predicted octanol–water partition coefficient (Wildman–Crippen LogP) is 2.21. The minimum atomic E-state index is 0.0446. The van der Waals surface area contributed by atoms with Crippen LogP contribution >= 0.6 is 0 Å². The van der Waals surface area contributed by atoms with Crippen LogP contribution in [-0.2, 0) is 16.1 Å². The molecule has 1 aromatic carbocycles. The van der Waals surface area contributed by atoms with Crippen molar-refractivity contribution in [3.63, 3.8) is 0 Å². The Hall–Kier alpha value is -1.55. The molecule has 1 aliphatic rings. The molecule has 0 unspecified atom stereocenters. The summed E-state index contributed by atoms with van der Waals surface area (Å²) in [5.41, 5.74) is 0.747. The predicted molar refractivity (Wildman–Crippen MR) is 72.7 cm³/mol. The van der Waals surface area contributed by atoms with Crippen LogP contribution in [0.4, 0.5) is 0 Å². The van der Waals surface area contributed by atoms with Crippen LogP contribution in [0.1, 0.15) is 31.7 Å². The summed E-state index contributed by atoms with van der Waals surface area (Å²) in [6, 6.07) is 7.05. The Labute approximate surface area is 113 Å². The molecule has 1 aliphatic carbocycles. The van der Waals surface area contributed by atoms with E-state index in [1.807, 2.05) is 19.1 Å². The number of amides is 1. The first-order valence-corrected chi connectivity index (χ1v) is 6.84. The van der Waals surface area contributed by atoms with Crippen LogP contribution < -0.4 is 5.32 Å². The van der Waals surface area contributed by atoms with Crippen molar-refractivity contribution in [2.24, 2.45) is 5.92 Å². The second-order valence-electron chi connectivity index (χ2n) is 5.02. The molecule has 1 saturated carbocycles. The lowest BCUT2D eigenvalue weighted by molar-refractivity contribution is -0.124. The maximum absolute atomic E-state index is 11.8. The molecule has 0 aliphatic heterocycles. The van der Waals surface area contributed by atoms with E-state index in [9.17, 15) is 9.90 Å². The zero-order valence-electron chi connectivity index (χ0n) is 11.3. The lowest BCUT2D eigenvalue weighted by Crippen LogP contribution is -2.35. The van der Waals surface area contributed by atoms with Crippen molar-refractivity contribution < 1.29 is 14.6 Å². The van der Waals surface area contributed by atoms with Crippen LogP contribution in [0.5, 0.6) is 5.75 Å². The molecule has 1 amide bonds. The maximum atomic E-state index is 11.8. The normalized spacial score (nSPS) is 21.7. The van der Waals surface area contributed by atoms with Crippen molar-refractivity contribution in [2.45, 2.75) is 38.8 Å². The van der Waals surface area contributed by atoms with Gasteiger partial charge in [-0.05, 0) is 31.7 Å². The number of phenols is 1. The Morgan fingerprint density at radius 1 is 1.42 bits per heavy atom. The first kappa shape index (κ1) is 13.9. The van der Waals surface area contributed by atoms with Crippen molar-refractivity contribution in [3.05, 3.63) is 29.8 Å². The minimum absolute atomic E-state index is 0.0446. The summed E-state index contributed by atoms with van der Waals surface area (Å²) in [6.45, 7) is 3.12. The minimum Gasteiger partial charge on any atom is -0.508 e. The van der Waals surface area contributed by atoms with Gasteiger partial charge in [0.05, 0.1) is 6.10 Å². The van der Waals surface area contributed by atoms with Gasteiger partial charge in [-0.15, -0.1) is 0 Å². The lowest BCUT2D eigenvalue weighted by Gasteiger charge is -2.34. The number of ether oxygens (including phenoxy) is 1. The molecule has 0 radical (unpaired) electrons. The monoisotopic (exact) mass is 263 g/mol. The van der Waals surface area contributed by atoms with Gasteiger partial charge in [0.2, 0.25) is 5.91 Å². The molecule has 0 atom stereocenters. The fourth-order valence-electron chi connectivity index (χ4n) is 2.40. The van der Waals surface area contributed by atoms with E-state index in [4.69, 9.17) is 4.74 Å². The molecular weight excluding hydrogens is 242 g/mol. The number of rotatable bonds is 6. The molecule has 0 aromatic heterocycles. The van der Waals surface area contributed by atoms with Gasteiger partial charge >= 0.3 is 0 Å². The van der Waals surface area contributed by atoms with Gasteiger partial charge in [0.25, 0.3) is 0 Å². The highest BCUT2D eigenvalue weighted by molar-refractivity contribution is 5.76. The van der Waals surface area contributed by atoms with Crippen LogP contribution in [-0.4, -0.2) is 23.7 Å². The van der Waals surface area contributed by atoms with Gasteiger partial charge in [-0.2, -0.15) is 0 Å². The van der Waals surface area contributed by atoms with Crippen LogP contribution in [0, 0.1) is 5.92 Å². The van der Waals surface area contributed by atoms with Gasteiger partial charge in [-0.1, -0.05) is 18.2 Å². The number of hydrogen-bond acceptors (Lipinski definition) is 3. The van der Waals surface area contributed by atoms with Crippen molar-refractivity contribution in [2.75, 3.05) is 6.61 Å². The summed E-state index contributed by atoms with van der Waals surface area (Å²) in [5, 5.41) is 12.4. The van der Waals surface area contributed by atoms with E-state index in [1.54, 1.807) is 12.1 Å². The van der Waals surface area contributed by atoms with Crippen molar-refractivity contribution >= 4 is 5.91 Å². The lowest BCUT2D eigenvalue weighted by atomic mass is 9.80. The molecule has 2 rings (SSSR count). The smallest absolute Gasteiger partial charge is 0.220 e. The molecule has 0 heterocycles. The van der Waals surface area contributed by atoms with E-state index >= 15 is 0 Å². The second kappa shape index (κ2) is 6.57. The van der Waals surface area contributed by atoms with E-state index in [2.05, 4.69) is 5.32 Å². The first-order valence-electron chi connectivity index (χ1n) is 6.84. The molecular formula is C15H21NO3. The molecule has 0 saturated heterocycles. The number of para-hydroxylation sites is 1. The average molecular weight is 263 g/mol. The summed E-state index contributed by atoms with van der Waals surface area (Å²) in [5.74, 6) is 0.715. The van der Waals surface area contributed by atoms with Crippen molar-refractivity contribution in [1.29, 1.82) is 0 Å². The third-order valence-corrected chi connectivity index (χ3v) is 3.54. The zero-order chi connectivity index (χ0) is 13.7. The largest absolute Gasteiger partial charge is 0.508 e. The Kier molecular flexibility index (Phi) is 4.80. The van der Waals surface area contributed by atoms with E-state index < -0.39 is 0 Å². The number of hydrogen-bond donors (Lipinski definition) is 2. The highest BCUT2D eigenvalue weighted by atomic mass is 16.5. The first-order chi connectivity index (χ1) is 9.19. The van der Waals surface area contributed by atoms with Gasteiger partial charge in [0.15, 0.2) is 0 Å². The summed E-state index contributed by atoms with van der Waals surface area (Å²) in [4.78, 5) is 11.8. The Balaban J connectivity index is 1.67. The molecule has 4 nitrogen and oxygen atoms in total. The van der Waals surface area contributed by atoms with E-state index in [0.29, 0.717) is 25.0 Å². The van der Waals surface area contributed by atoms with Gasteiger partial charge in [-0.3, -0.25) is 4.79 Å². The molecule has 1 fully saturated rings. The van der Waals surface area contributed by atoms with Crippen LogP contribution in [0.15, 0.2) is 24.3 Å². The Morgan fingerprint density at radius 3 is 2.84 bits per heavy atom. The second-order valence-corrected chi connectivity index (χ2v) is 5.02. The third-order valence-electron chi connectivity index (χ3n) is 3.54. The fourth-order valence-corrected chi connectivity index (χ4v) is 2.40. The number of benzene rings is 1.